The maximum Gasteiger partial charge on any atom is 0.376 e. The molecule has 0 rings (SSSR count). The molecule has 0 N–H and O–H groups in total. The molecule has 1 atom stereocenters. The molecule has 1 unspecified atom stereocenters. The fourth-order valence-corrected chi connectivity index (χ4v) is 2.10. The second kappa shape index (κ2) is 5.72. The number of methoxy groups -OCH3 is 1. The van der Waals surface area contributed by atoms with Crippen LogP contribution in [0.1, 0.15) is 26.2 Å². The molecule has 78 valence electrons. The van der Waals surface area contributed by atoms with Crippen molar-refractivity contribution in [3.05, 3.63) is 0 Å². The summed E-state index contributed by atoms with van der Waals surface area (Å²) in [5, 5.41) is 0. The molecule has 0 aliphatic rings. The minimum Gasteiger partial charge on any atom is -0.465 e. The molecule has 0 aromatic heterocycles. The zero-order chi connectivity index (χ0) is 10.5. The van der Waals surface area contributed by atoms with Crippen LogP contribution in [0.3, 0.4) is 0 Å². The summed E-state index contributed by atoms with van der Waals surface area (Å²) < 4.78 is 29.6. The van der Waals surface area contributed by atoms with Crippen LogP contribution in [0.4, 0.5) is 8.78 Å². The molecule has 0 radical (unpaired) electrons. The van der Waals surface area contributed by atoms with E-state index in [0.29, 0.717) is 6.42 Å². The Kier molecular flexibility index (Phi) is 5.75. The van der Waals surface area contributed by atoms with Crippen LogP contribution < -0.4 is 0 Å². The van der Waals surface area contributed by atoms with E-state index in [0.717, 1.165) is 13.5 Å². The van der Waals surface area contributed by atoms with Crippen molar-refractivity contribution in [2.75, 3.05) is 7.11 Å². The second-order valence-electron chi connectivity index (χ2n) is 2.79. The Morgan fingerprint density at radius 2 is 2.15 bits per heavy atom. The number of ether oxygens (including phenoxy) is 1. The molecule has 0 saturated carbocycles. The summed E-state index contributed by atoms with van der Waals surface area (Å²) in [5.74, 6) is -4.78. The Bertz CT molecular complexity index is 174. The lowest BCUT2D eigenvalue weighted by molar-refractivity contribution is -0.169. The number of alkyl halides is 3. The number of hydrogen-bond acceptors (Lipinski definition) is 2. The highest BCUT2D eigenvalue weighted by Crippen LogP contribution is 2.27. The lowest BCUT2D eigenvalue weighted by atomic mass is 10.1. The number of hydrogen-bond donors (Lipinski definition) is 0. The Hall–Kier alpha value is 0.0600. The van der Waals surface area contributed by atoms with E-state index >= 15 is 0 Å². The summed E-state index contributed by atoms with van der Waals surface area (Å²) in [5.41, 5.74) is 0. The molecule has 0 aromatic rings. The van der Waals surface area contributed by atoms with Crippen LogP contribution in [0.25, 0.3) is 0 Å². The maximum absolute atomic E-state index is 12.9. The summed E-state index contributed by atoms with van der Waals surface area (Å²) >= 11 is 1.93. The normalized spacial score (nSPS) is 13.9. The quantitative estimate of drug-likeness (QED) is 0.443. The Labute approximate surface area is 90.2 Å². The first kappa shape index (κ1) is 13.1. The number of carbonyl (C=O) groups excluding carboxylic acids is 1. The predicted molar refractivity (Wildman–Crippen MR) is 54.3 cm³/mol. The van der Waals surface area contributed by atoms with Crippen LogP contribution in [0.2, 0.25) is 0 Å². The van der Waals surface area contributed by atoms with E-state index in [1.807, 2.05) is 29.5 Å². The van der Waals surface area contributed by atoms with Gasteiger partial charge in [0.1, 0.15) is 0 Å². The van der Waals surface area contributed by atoms with Gasteiger partial charge in [0.15, 0.2) is 0 Å². The highest BCUT2D eigenvalue weighted by molar-refractivity contribution is 14.1. The van der Waals surface area contributed by atoms with Gasteiger partial charge in [0.25, 0.3) is 0 Å². The van der Waals surface area contributed by atoms with Gasteiger partial charge in [-0.1, -0.05) is 35.9 Å². The first-order valence-electron chi connectivity index (χ1n) is 4.04. The second-order valence-corrected chi connectivity index (χ2v) is 4.55. The van der Waals surface area contributed by atoms with Crippen LogP contribution in [0.5, 0.6) is 0 Å². The number of rotatable bonds is 5. The van der Waals surface area contributed by atoms with Gasteiger partial charge in [-0.3, -0.25) is 0 Å². The third-order valence-corrected chi connectivity index (χ3v) is 2.63. The van der Waals surface area contributed by atoms with Gasteiger partial charge >= 0.3 is 11.9 Å². The van der Waals surface area contributed by atoms with Crippen molar-refractivity contribution >= 4 is 28.6 Å². The summed E-state index contributed by atoms with van der Waals surface area (Å²) in [6, 6.07) is 0. The average Bonchev–Trinajstić information content (AvgIpc) is 2.02. The molecule has 0 aliphatic carbocycles. The highest BCUT2D eigenvalue weighted by atomic mass is 127. The SMILES string of the molecule is CCCC(I)CC(F)(F)C(=O)OC. The number of esters is 1. The molecule has 0 fully saturated rings. The van der Waals surface area contributed by atoms with Crippen LogP contribution in [-0.4, -0.2) is 22.9 Å². The van der Waals surface area contributed by atoms with Gasteiger partial charge in [0, 0.05) is 10.3 Å². The zero-order valence-electron chi connectivity index (χ0n) is 7.65. The van der Waals surface area contributed by atoms with Gasteiger partial charge in [-0.25, -0.2) is 4.79 Å². The summed E-state index contributed by atoms with van der Waals surface area (Å²) in [7, 11) is 0.970. The molecule has 0 amide bonds. The van der Waals surface area contributed by atoms with E-state index in [4.69, 9.17) is 0 Å². The summed E-state index contributed by atoms with van der Waals surface area (Å²) in [6.45, 7) is 1.92. The minimum atomic E-state index is -3.34. The summed E-state index contributed by atoms with van der Waals surface area (Å²) in [6.07, 6.45) is 1.09. The van der Waals surface area contributed by atoms with Gasteiger partial charge < -0.3 is 4.74 Å². The van der Waals surface area contributed by atoms with Crippen molar-refractivity contribution in [1.29, 1.82) is 0 Å². The Morgan fingerprint density at radius 1 is 1.62 bits per heavy atom. The predicted octanol–water partition coefficient (Wildman–Crippen LogP) is 2.79. The third-order valence-electron chi connectivity index (χ3n) is 1.56. The van der Waals surface area contributed by atoms with E-state index in [9.17, 15) is 13.6 Å². The molecule has 0 aliphatic heterocycles. The van der Waals surface area contributed by atoms with E-state index < -0.39 is 18.3 Å². The standard InChI is InChI=1S/C8H13F2IO2/c1-3-4-6(11)5-8(9,10)7(12)13-2/h6H,3-5H2,1-2H3. The third kappa shape index (κ3) is 4.73. The fraction of sp³-hybridized carbons (Fsp3) is 0.875. The van der Waals surface area contributed by atoms with Crippen LogP contribution >= 0.6 is 22.6 Å². The van der Waals surface area contributed by atoms with Gasteiger partial charge in [0.05, 0.1) is 7.11 Å². The average molecular weight is 306 g/mol. The molecular formula is C8H13F2IO2. The first-order valence-corrected chi connectivity index (χ1v) is 5.29. The number of carbonyl (C=O) groups is 1. The smallest absolute Gasteiger partial charge is 0.376 e. The molecular weight excluding hydrogens is 293 g/mol. The number of halogens is 3. The van der Waals surface area contributed by atoms with Crippen molar-refractivity contribution < 1.29 is 18.3 Å². The van der Waals surface area contributed by atoms with Crippen molar-refractivity contribution in [2.24, 2.45) is 0 Å². The molecule has 0 heterocycles. The van der Waals surface area contributed by atoms with Crippen LogP contribution in [0.15, 0.2) is 0 Å². The zero-order valence-corrected chi connectivity index (χ0v) is 9.81. The molecule has 0 aromatic carbocycles. The molecule has 0 bridgehead atoms. The molecule has 2 nitrogen and oxygen atoms in total. The highest BCUT2D eigenvalue weighted by Gasteiger charge is 2.41. The van der Waals surface area contributed by atoms with E-state index in [-0.39, 0.29) is 3.92 Å². The van der Waals surface area contributed by atoms with Gasteiger partial charge in [-0.05, 0) is 6.42 Å². The van der Waals surface area contributed by atoms with Crippen LogP contribution in [-0.2, 0) is 9.53 Å². The molecule has 5 heteroatoms. The monoisotopic (exact) mass is 306 g/mol. The van der Waals surface area contributed by atoms with Crippen molar-refractivity contribution in [2.45, 2.75) is 36.0 Å². The molecule has 0 saturated heterocycles. The van der Waals surface area contributed by atoms with E-state index in [1.54, 1.807) is 0 Å². The topological polar surface area (TPSA) is 26.3 Å². The van der Waals surface area contributed by atoms with Gasteiger partial charge in [-0.15, -0.1) is 0 Å². The Morgan fingerprint density at radius 3 is 2.54 bits per heavy atom. The summed E-state index contributed by atoms with van der Waals surface area (Å²) in [4.78, 5) is 10.6. The van der Waals surface area contributed by atoms with Crippen molar-refractivity contribution in [1.82, 2.24) is 0 Å². The molecule has 0 spiro atoms. The minimum absolute atomic E-state index is 0.184. The fourth-order valence-electron chi connectivity index (χ4n) is 0.926. The van der Waals surface area contributed by atoms with E-state index in [2.05, 4.69) is 4.74 Å². The lowest BCUT2D eigenvalue weighted by Crippen LogP contribution is -2.32. The Balaban J connectivity index is 4.07. The lowest BCUT2D eigenvalue weighted by Gasteiger charge is -2.16. The van der Waals surface area contributed by atoms with Crippen LogP contribution in [0, 0.1) is 0 Å². The maximum atomic E-state index is 12.9. The van der Waals surface area contributed by atoms with Crippen molar-refractivity contribution in [3.63, 3.8) is 0 Å². The van der Waals surface area contributed by atoms with Gasteiger partial charge in [-0.2, -0.15) is 8.78 Å². The molecule has 13 heavy (non-hydrogen) atoms. The largest absolute Gasteiger partial charge is 0.465 e. The van der Waals surface area contributed by atoms with Gasteiger partial charge in [0.2, 0.25) is 0 Å². The van der Waals surface area contributed by atoms with Crippen molar-refractivity contribution in [3.8, 4) is 0 Å². The first-order chi connectivity index (χ1) is 5.94. The van der Waals surface area contributed by atoms with E-state index in [1.165, 1.54) is 0 Å².